The molecule has 0 aromatic heterocycles. The van der Waals surface area contributed by atoms with Crippen LogP contribution in [0.2, 0.25) is 5.02 Å². The lowest BCUT2D eigenvalue weighted by atomic mass is 10.1. The summed E-state index contributed by atoms with van der Waals surface area (Å²) in [4.78, 5) is 11.9. The second-order valence-electron chi connectivity index (χ2n) is 6.49. The van der Waals surface area contributed by atoms with Crippen molar-refractivity contribution in [3.63, 3.8) is 0 Å². The van der Waals surface area contributed by atoms with Crippen molar-refractivity contribution in [3.05, 3.63) is 101 Å². The van der Waals surface area contributed by atoms with Crippen LogP contribution in [0, 0.1) is 0 Å². The number of hydrogen-bond donors (Lipinski definition) is 1. The van der Waals surface area contributed by atoms with Crippen LogP contribution in [0.15, 0.2) is 83.8 Å². The number of rotatable bonds is 7. The number of halogens is 1. The fraction of sp³-hybridized carbons (Fsp3) is 0.136. The molecule has 0 spiro atoms. The summed E-state index contributed by atoms with van der Waals surface area (Å²) in [6.07, 6.45) is 0. The minimum absolute atomic E-state index is 0.174. The van der Waals surface area contributed by atoms with E-state index in [9.17, 15) is 13.2 Å². The van der Waals surface area contributed by atoms with E-state index >= 15 is 0 Å². The first kappa shape index (κ1) is 21.0. The molecule has 3 aromatic carbocycles. The first-order valence-electron chi connectivity index (χ1n) is 9.01. The van der Waals surface area contributed by atoms with Crippen LogP contribution in [-0.2, 0) is 23.1 Å². The summed E-state index contributed by atoms with van der Waals surface area (Å²) >= 11 is 5.91. The van der Waals surface area contributed by atoms with Gasteiger partial charge >= 0.3 is 0 Å². The van der Waals surface area contributed by atoms with Gasteiger partial charge in [-0.05, 0) is 47.5 Å². The topological polar surface area (TPSA) is 66.5 Å². The first-order chi connectivity index (χ1) is 13.9. The molecule has 0 saturated carbocycles. The van der Waals surface area contributed by atoms with Crippen LogP contribution in [0.25, 0.3) is 0 Å². The third-order valence-electron chi connectivity index (χ3n) is 4.46. The van der Waals surface area contributed by atoms with Crippen LogP contribution in [0.4, 0.5) is 0 Å². The Hall–Kier alpha value is -2.67. The molecule has 5 nitrogen and oxygen atoms in total. The van der Waals surface area contributed by atoms with Gasteiger partial charge in [0.1, 0.15) is 0 Å². The molecule has 0 atom stereocenters. The molecule has 0 bridgehead atoms. The van der Waals surface area contributed by atoms with Crippen molar-refractivity contribution in [3.8, 4) is 0 Å². The molecule has 0 radical (unpaired) electrons. The third-order valence-corrected chi connectivity index (χ3v) is 6.51. The second-order valence-corrected chi connectivity index (χ2v) is 8.86. The summed E-state index contributed by atoms with van der Waals surface area (Å²) in [6.45, 7) is 0.400. The van der Waals surface area contributed by atoms with Crippen molar-refractivity contribution < 1.29 is 13.2 Å². The molecule has 3 aromatic rings. The van der Waals surface area contributed by atoms with E-state index in [0.717, 1.165) is 11.1 Å². The van der Waals surface area contributed by atoms with Gasteiger partial charge in [-0.15, -0.1) is 0 Å². The number of nitrogens with zero attached hydrogens (tertiary/aromatic N) is 1. The number of nitrogens with one attached hydrogen (secondary N) is 1. The quantitative estimate of drug-likeness (QED) is 0.616. The van der Waals surface area contributed by atoms with Gasteiger partial charge < -0.3 is 5.32 Å². The summed E-state index contributed by atoms with van der Waals surface area (Å²) in [5, 5.41) is 3.04. The van der Waals surface area contributed by atoms with Crippen molar-refractivity contribution in [2.75, 3.05) is 7.05 Å². The lowest BCUT2D eigenvalue weighted by molar-refractivity contribution is 0.0963. The summed E-state index contributed by atoms with van der Waals surface area (Å²) in [7, 11) is -2.18. The Morgan fingerprint density at radius 3 is 1.97 bits per heavy atom. The Bertz CT molecular complexity index is 1070. The van der Waals surface area contributed by atoms with E-state index in [2.05, 4.69) is 5.32 Å². The zero-order chi connectivity index (χ0) is 20.9. The van der Waals surface area contributed by atoms with E-state index < -0.39 is 10.0 Å². The number of hydrogen-bond acceptors (Lipinski definition) is 3. The summed E-state index contributed by atoms with van der Waals surface area (Å²) in [6, 6.07) is 22.4. The van der Waals surface area contributed by atoms with Crippen molar-refractivity contribution in [1.29, 1.82) is 0 Å². The molecule has 0 aliphatic heterocycles. The molecule has 7 heteroatoms. The van der Waals surface area contributed by atoms with Gasteiger partial charge in [-0.25, -0.2) is 8.42 Å². The zero-order valence-corrected chi connectivity index (χ0v) is 17.5. The predicted octanol–water partition coefficient (Wildman–Crippen LogP) is 4.09. The van der Waals surface area contributed by atoms with E-state index in [4.69, 9.17) is 11.6 Å². The van der Waals surface area contributed by atoms with Crippen LogP contribution in [0.3, 0.4) is 0 Å². The molecular weight excluding hydrogens is 408 g/mol. The van der Waals surface area contributed by atoms with Gasteiger partial charge in [0.25, 0.3) is 5.91 Å². The molecule has 150 valence electrons. The van der Waals surface area contributed by atoms with Gasteiger partial charge in [-0.1, -0.05) is 54.1 Å². The van der Waals surface area contributed by atoms with Gasteiger partial charge in [-0.2, -0.15) is 4.31 Å². The Morgan fingerprint density at radius 2 is 1.41 bits per heavy atom. The van der Waals surface area contributed by atoms with E-state index in [0.29, 0.717) is 10.6 Å². The Morgan fingerprint density at radius 1 is 0.862 bits per heavy atom. The van der Waals surface area contributed by atoms with Crippen LogP contribution in [-0.4, -0.2) is 25.7 Å². The molecule has 0 fully saturated rings. The maximum absolute atomic E-state index is 13.3. The van der Waals surface area contributed by atoms with Gasteiger partial charge in [0.05, 0.1) is 4.90 Å². The largest absolute Gasteiger partial charge is 0.355 e. The number of carbonyl (C=O) groups excluding carboxylic acids is 1. The van der Waals surface area contributed by atoms with Crippen LogP contribution in [0.1, 0.15) is 21.5 Å². The van der Waals surface area contributed by atoms with E-state index in [1.54, 1.807) is 43.4 Å². The minimum Gasteiger partial charge on any atom is -0.355 e. The number of amides is 1. The predicted molar refractivity (Wildman–Crippen MR) is 114 cm³/mol. The first-order valence-corrected chi connectivity index (χ1v) is 10.8. The summed E-state index contributed by atoms with van der Waals surface area (Å²) in [5.74, 6) is -0.188. The van der Waals surface area contributed by atoms with Crippen LogP contribution >= 0.6 is 11.6 Å². The smallest absolute Gasteiger partial charge is 0.251 e. The van der Waals surface area contributed by atoms with E-state index in [1.165, 1.54) is 16.4 Å². The second kappa shape index (κ2) is 9.22. The Labute approximate surface area is 176 Å². The number of sulfonamides is 1. The van der Waals surface area contributed by atoms with Gasteiger partial charge in [-0.3, -0.25) is 4.79 Å². The fourth-order valence-corrected chi connectivity index (χ4v) is 4.42. The van der Waals surface area contributed by atoms with Crippen LogP contribution in [0.5, 0.6) is 0 Å². The monoisotopic (exact) mass is 428 g/mol. The normalized spacial score (nSPS) is 11.4. The number of benzene rings is 3. The Balaban J connectivity index is 1.92. The van der Waals surface area contributed by atoms with Crippen molar-refractivity contribution >= 4 is 27.5 Å². The van der Waals surface area contributed by atoms with Crippen molar-refractivity contribution in [2.45, 2.75) is 18.0 Å². The minimum atomic E-state index is -3.75. The molecule has 0 unspecified atom stereocenters. The van der Waals surface area contributed by atoms with Gasteiger partial charge in [0, 0.05) is 30.7 Å². The maximum Gasteiger partial charge on any atom is 0.251 e. The molecular formula is C22H21ClN2O3S. The standard InChI is InChI=1S/C22H21ClN2O3S/c1-24-22(26)19-9-7-18(8-10-19)16-25(15-17-5-3-2-4-6-17)29(27,28)21-13-11-20(23)12-14-21/h2-14H,15-16H2,1H3,(H,24,26). The van der Waals surface area contributed by atoms with Crippen molar-refractivity contribution in [2.24, 2.45) is 0 Å². The lowest BCUT2D eigenvalue weighted by Gasteiger charge is -2.23. The Kier molecular flexibility index (Phi) is 6.69. The average molecular weight is 429 g/mol. The highest BCUT2D eigenvalue weighted by Crippen LogP contribution is 2.23. The molecule has 1 N–H and O–H groups in total. The fourth-order valence-electron chi connectivity index (χ4n) is 2.88. The highest BCUT2D eigenvalue weighted by molar-refractivity contribution is 7.89. The number of carbonyl (C=O) groups is 1. The average Bonchev–Trinajstić information content (AvgIpc) is 2.74. The molecule has 1 amide bonds. The van der Waals surface area contributed by atoms with E-state index in [-0.39, 0.29) is 23.9 Å². The van der Waals surface area contributed by atoms with Gasteiger partial charge in [0.2, 0.25) is 10.0 Å². The molecule has 29 heavy (non-hydrogen) atoms. The lowest BCUT2D eigenvalue weighted by Crippen LogP contribution is -2.30. The van der Waals surface area contributed by atoms with E-state index in [1.807, 2.05) is 30.3 Å². The SMILES string of the molecule is CNC(=O)c1ccc(CN(Cc2ccccc2)S(=O)(=O)c2ccc(Cl)cc2)cc1. The molecule has 0 aliphatic rings. The zero-order valence-electron chi connectivity index (χ0n) is 15.9. The summed E-state index contributed by atoms with van der Waals surface area (Å²) < 4.78 is 28.0. The van der Waals surface area contributed by atoms with Gasteiger partial charge in [0.15, 0.2) is 0 Å². The van der Waals surface area contributed by atoms with Crippen LogP contribution < -0.4 is 5.32 Å². The molecule has 3 rings (SSSR count). The highest BCUT2D eigenvalue weighted by atomic mass is 35.5. The third kappa shape index (κ3) is 5.23. The maximum atomic E-state index is 13.3. The molecule has 0 heterocycles. The molecule has 0 aliphatic carbocycles. The summed E-state index contributed by atoms with van der Waals surface area (Å²) in [5.41, 5.74) is 2.18. The van der Waals surface area contributed by atoms with Crippen molar-refractivity contribution in [1.82, 2.24) is 9.62 Å². The molecule has 0 saturated heterocycles. The highest BCUT2D eigenvalue weighted by Gasteiger charge is 2.25.